The van der Waals surface area contributed by atoms with Crippen LogP contribution < -0.4 is 5.32 Å². The number of hydrogen-bond acceptors (Lipinski definition) is 2. The lowest BCUT2D eigenvalue weighted by Gasteiger charge is -2.28. The lowest BCUT2D eigenvalue weighted by atomic mass is 9.84. The van der Waals surface area contributed by atoms with Gasteiger partial charge in [0.15, 0.2) is 0 Å². The average molecular weight is 224 g/mol. The Morgan fingerprint density at radius 3 is 2.69 bits per heavy atom. The number of nitrogens with zero attached hydrogens (tertiary/aromatic N) is 1. The van der Waals surface area contributed by atoms with E-state index in [4.69, 9.17) is 0 Å². The van der Waals surface area contributed by atoms with Crippen molar-refractivity contribution in [2.75, 3.05) is 26.2 Å². The fraction of sp³-hybridized carbons (Fsp3) is 0.923. The van der Waals surface area contributed by atoms with Crippen molar-refractivity contribution in [1.29, 1.82) is 0 Å². The molecule has 1 N–H and O–H groups in total. The standard InChI is InChI=1S/C13H24N2O/c1-2-3-13(16)15-9-6-12(10-15)11-4-7-14-8-5-11/h11-12,14H,2-10H2,1H3. The monoisotopic (exact) mass is 224 g/mol. The van der Waals surface area contributed by atoms with Gasteiger partial charge in [-0.2, -0.15) is 0 Å². The number of carbonyl (C=O) groups excluding carboxylic acids is 1. The molecule has 2 aliphatic heterocycles. The molecule has 2 rings (SSSR count). The van der Waals surface area contributed by atoms with Crippen LogP contribution in [0.1, 0.15) is 39.0 Å². The molecular weight excluding hydrogens is 200 g/mol. The first-order chi connectivity index (χ1) is 7.81. The van der Waals surface area contributed by atoms with Crippen molar-refractivity contribution in [3.63, 3.8) is 0 Å². The van der Waals surface area contributed by atoms with Gasteiger partial charge in [-0.05, 0) is 50.6 Å². The summed E-state index contributed by atoms with van der Waals surface area (Å²) < 4.78 is 0. The van der Waals surface area contributed by atoms with Gasteiger partial charge in [0, 0.05) is 19.5 Å². The Balaban J connectivity index is 1.80. The van der Waals surface area contributed by atoms with Crippen LogP contribution in [0.5, 0.6) is 0 Å². The highest BCUT2D eigenvalue weighted by Gasteiger charge is 2.31. The third-order valence-corrected chi connectivity index (χ3v) is 4.09. The molecule has 0 aromatic carbocycles. The summed E-state index contributed by atoms with van der Waals surface area (Å²) in [6.45, 7) is 6.46. The zero-order valence-electron chi connectivity index (χ0n) is 10.4. The van der Waals surface area contributed by atoms with Gasteiger partial charge >= 0.3 is 0 Å². The van der Waals surface area contributed by atoms with E-state index in [1.54, 1.807) is 0 Å². The Hall–Kier alpha value is -0.570. The Morgan fingerprint density at radius 1 is 1.25 bits per heavy atom. The van der Waals surface area contributed by atoms with E-state index in [1.807, 2.05) is 0 Å². The van der Waals surface area contributed by atoms with Gasteiger partial charge in [0.2, 0.25) is 5.91 Å². The summed E-state index contributed by atoms with van der Waals surface area (Å²) in [5.41, 5.74) is 0. The number of rotatable bonds is 3. The first-order valence-electron chi connectivity index (χ1n) is 6.79. The van der Waals surface area contributed by atoms with E-state index in [0.717, 1.165) is 37.8 Å². The van der Waals surface area contributed by atoms with Crippen LogP contribution in [0.3, 0.4) is 0 Å². The van der Waals surface area contributed by atoms with E-state index < -0.39 is 0 Å². The Labute approximate surface area is 98.6 Å². The Bertz CT molecular complexity index is 236. The van der Waals surface area contributed by atoms with Crippen molar-refractivity contribution < 1.29 is 4.79 Å². The van der Waals surface area contributed by atoms with E-state index in [9.17, 15) is 4.79 Å². The van der Waals surface area contributed by atoms with Crippen molar-refractivity contribution in [1.82, 2.24) is 10.2 Å². The van der Waals surface area contributed by atoms with Crippen LogP contribution in [0, 0.1) is 11.8 Å². The molecule has 3 nitrogen and oxygen atoms in total. The fourth-order valence-electron chi connectivity index (χ4n) is 3.09. The molecule has 2 saturated heterocycles. The molecule has 1 unspecified atom stereocenters. The highest BCUT2D eigenvalue weighted by molar-refractivity contribution is 5.76. The van der Waals surface area contributed by atoms with Crippen LogP contribution in [0.2, 0.25) is 0 Å². The molecule has 16 heavy (non-hydrogen) atoms. The molecule has 0 saturated carbocycles. The molecule has 1 amide bonds. The quantitative estimate of drug-likeness (QED) is 0.790. The minimum atomic E-state index is 0.374. The van der Waals surface area contributed by atoms with Gasteiger partial charge < -0.3 is 10.2 Å². The highest BCUT2D eigenvalue weighted by atomic mass is 16.2. The molecule has 3 heteroatoms. The highest BCUT2D eigenvalue weighted by Crippen LogP contribution is 2.30. The predicted molar refractivity (Wildman–Crippen MR) is 65.2 cm³/mol. The summed E-state index contributed by atoms with van der Waals surface area (Å²) in [6.07, 6.45) is 5.56. The number of carbonyl (C=O) groups is 1. The van der Waals surface area contributed by atoms with Crippen LogP contribution >= 0.6 is 0 Å². The first-order valence-corrected chi connectivity index (χ1v) is 6.79. The smallest absolute Gasteiger partial charge is 0.222 e. The molecular formula is C13H24N2O. The topological polar surface area (TPSA) is 32.3 Å². The maximum Gasteiger partial charge on any atom is 0.222 e. The van der Waals surface area contributed by atoms with Gasteiger partial charge in [-0.1, -0.05) is 6.92 Å². The molecule has 2 heterocycles. The molecule has 0 spiro atoms. The minimum Gasteiger partial charge on any atom is -0.342 e. The predicted octanol–water partition coefficient (Wildman–Crippen LogP) is 1.63. The Morgan fingerprint density at radius 2 is 2.00 bits per heavy atom. The van der Waals surface area contributed by atoms with Crippen molar-refractivity contribution in [2.45, 2.75) is 39.0 Å². The van der Waals surface area contributed by atoms with Crippen LogP contribution in [0.25, 0.3) is 0 Å². The van der Waals surface area contributed by atoms with E-state index in [0.29, 0.717) is 5.91 Å². The maximum atomic E-state index is 11.8. The molecule has 2 fully saturated rings. The summed E-state index contributed by atoms with van der Waals surface area (Å²) >= 11 is 0. The number of nitrogens with one attached hydrogen (secondary N) is 1. The normalized spacial score (nSPS) is 27.3. The average Bonchev–Trinajstić information content (AvgIpc) is 2.80. The molecule has 2 aliphatic rings. The van der Waals surface area contributed by atoms with Crippen LogP contribution in [-0.2, 0) is 4.79 Å². The summed E-state index contributed by atoms with van der Waals surface area (Å²) in [5, 5.41) is 3.41. The van der Waals surface area contributed by atoms with Crippen molar-refractivity contribution in [3.8, 4) is 0 Å². The first kappa shape index (κ1) is 11.9. The molecule has 0 aliphatic carbocycles. The van der Waals surface area contributed by atoms with Gasteiger partial charge in [-0.3, -0.25) is 4.79 Å². The number of piperidine rings is 1. The summed E-state index contributed by atoms with van der Waals surface area (Å²) in [5.74, 6) is 2.02. The van der Waals surface area contributed by atoms with Gasteiger partial charge in [0.25, 0.3) is 0 Å². The van der Waals surface area contributed by atoms with Crippen molar-refractivity contribution in [3.05, 3.63) is 0 Å². The third kappa shape index (κ3) is 2.76. The van der Waals surface area contributed by atoms with E-state index in [2.05, 4.69) is 17.1 Å². The minimum absolute atomic E-state index is 0.374. The second-order valence-electron chi connectivity index (χ2n) is 5.23. The molecule has 0 aromatic heterocycles. The van der Waals surface area contributed by atoms with E-state index in [1.165, 1.54) is 32.4 Å². The molecule has 0 bridgehead atoms. The van der Waals surface area contributed by atoms with Gasteiger partial charge in [0.05, 0.1) is 0 Å². The van der Waals surface area contributed by atoms with Gasteiger partial charge in [-0.25, -0.2) is 0 Å². The van der Waals surface area contributed by atoms with Crippen LogP contribution in [-0.4, -0.2) is 37.0 Å². The molecule has 1 atom stereocenters. The van der Waals surface area contributed by atoms with Crippen LogP contribution in [0.4, 0.5) is 0 Å². The van der Waals surface area contributed by atoms with Crippen molar-refractivity contribution in [2.24, 2.45) is 11.8 Å². The number of hydrogen-bond donors (Lipinski definition) is 1. The number of likely N-dealkylation sites (tertiary alicyclic amines) is 1. The summed E-state index contributed by atoms with van der Waals surface area (Å²) in [4.78, 5) is 13.9. The molecule has 0 radical (unpaired) electrons. The fourth-order valence-corrected chi connectivity index (χ4v) is 3.09. The second-order valence-corrected chi connectivity index (χ2v) is 5.23. The Kier molecular flexibility index (Phi) is 4.22. The third-order valence-electron chi connectivity index (χ3n) is 4.09. The second kappa shape index (κ2) is 5.67. The summed E-state index contributed by atoms with van der Waals surface area (Å²) in [7, 11) is 0. The SMILES string of the molecule is CCCC(=O)N1CCC(C2CCNCC2)C1. The van der Waals surface area contributed by atoms with Crippen LogP contribution in [0.15, 0.2) is 0 Å². The largest absolute Gasteiger partial charge is 0.342 e. The molecule has 0 aromatic rings. The summed E-state index contributed by atoms with van der Waals surface area (Å²) in [6, 6.07) is 0. The maximum absolute atomic E-state index is 11.8. The zero-order valence-corrected chi connectivity index (χ0v) is 10.4. The van der Waals surface area contributed by atoms with Crippen molar-refractivity contribution >= 4 is 5.91 Å². The lowest BCUT2D eigenvalue weighted by Crippen LogP contribution is -2.34. The lowest BCUT2D eigenvalue weighted by molar-refractivity contribution is -0.130. The van der Waals surface area contributed by atoms with Gasteiger partial charge in [-0.15, -0.1) is 0 Å². The van der Waals surface area contributed by atoms with E-state index in [-0.39, 0.29) is 0 Å². The van der Waals surface area contributed by atoms with Gasteiger partial charge in [0.1, 0.15) is 0 Å². The zero-order chi connectivity index (χ0) is 11.4. The van der Waals surface area contributed by atoms with E-state index >= 15 is 0 Å². The molecule has 92 valence electrons. The number of amides is 1.